The van der Waals surface area contributed by atoms with Gasteiger partial charge in [-0.05, 0) is 74.8 Å². The van der Waals surface area contributed by atoms with E-state index in [2.05, 4.69) is 14.9 Å². The number of nitrogens with zero attached hydrogens (tertiary/aromatic N) is 4. The molecule has 1 spiro atoms. The zero-order valence-corrected chi connectivity index (χ0v) is 22.3. The van der Waals surface area contributed by atoms with Crippen LogP contribution in [0.3, 0.4) is 0 Å². The van der Waals surface area contributed by atoms with Crippen LogP contribution in [0.1, 0.15) is 70.3 Å². The van der Waals surface area contributed by atoms with E-state index in [0.717, 1.165) is 40.7 Å². The Kier molecular flexibility index (Phi) is 5.10. The maximum absolute atomic E-state index is 14.2. The number of hydrogen-bond acceptors (Lipinski definition) is 6. The van der Waals surface area contributed by atoms with E-state index in [9.17, 15) is 14.4 Å². The second-order valence-corrected chi connectivity index (χ2v) is 12.8. The molecule has 1 N–H and O–H groups in total. The van der Waals surface area contributed by atoms with E-state index >= 15 is 0 Å². The molecule has 2 aromatic heterocycles. The SMILES string of the molecule is COc1cn(-c2nc3ccccc3n(C3CC4CC5CC5(C3)N4C3CC4CCCC(C4)C3)c2=O)c(=O)[nH]c1=O. The van der Waals surface area contributed by atoms with Crippen molar-refractivity contribution in [2.75, 3.05) is 7.11 Å². The smallest absolute Gasteiger partial charge is 0.334 e. The predicted molar refractivity (Wildman–Crippen MR) is 147 cm³/mol. The molecule has 1 aromatic carbocycles. The van der Waals surface area contributed by atoms with Crippen molar-refractivity contribution in [2.24, 2.45) is 17.8 Å². The molecule has 3 aromatic rings. The lowest BCUT2D eigenvalue weighted by Gasteiger charge is -2.51. The van der Waals surface area contributed by atoms with E-state index < -0.39 is 11.2 Å². The first-order valence-electron chi connectivity index (χ1n) is 14.7. The second-order valence-electron chi connectivity index (χ2n) is 12.8. The van der Waals surface area contributed by atoms with Gasteiger partial charge in [-0.2, -0.15) is 0 Å². The number of benzene rings is 1. The number of piperidine rings is 2. The minimum Gasteiger partial charge on any atom is -0.490 e. The summed E-state index contributed by atoms with van der Waals surface area (Å²) in [6.45, 7) is 0. The van der Waals surface area contributed by atoms with Gasteiger partial charge in [-0.1, -0.05) is 31.4 Å². The maximum atomic E-state index is 14.2. The fourth-order valence-electron chi connectivity index (χ4n) is 9.36. The molecule has 4 bridgehead atoms. The van der Waals surface area contributed by atoms with Crippen LogP contribution in [0.15, 0.2) is 44.8 Å². The Morgan fingerprint density at radius 3 is 2.49 bits per heavy atom. The molecule has 6 atom stereocenters. The number of nitrogens with one attached hydrogen (secondary N) is 1. The van der Waals surface area contributed by atoms with E-state index in [1.54, 1.807) is 0 Å². The summed E-state index contributed by atoms with van der Waals surface area (Å²) in [4.78, 5) is 48.9. The number of rotatable bonds is 4. The van der Waals surface area contributed by atoms with Crippen LogP contribution in [0.2, 0.25) is 0 Å². The Morgan fingerprint density at radius 2 is 1.72 bits per heavy atom. The molecule has 6 unspecified atom stereocenters. The highest BCUT2D eigenvalue weighted by Gasteiger charge is 2.69. The number of para-hydroxylation sites is 2. The highest BCUT2D eigenvalue weighted by Crippen LogP contribution is 2.67. The molecule has 8 rings (SSSR count). The molecular weight excluding hydrogens is 494 g/mol. The number of aromatic nitrogens is 4. The number of hydrogen-bond donors (Lipinski definition) is 1. The van der Waals surface area contributed by atoms with E-state index in [0.29, 0.717) is 17.6 Å². The molecule has 0 radical (unpaired) electrons. The van der Waals surface area contributed by atoms with E-state index in [4.69, 9.17) is 4.74 Å². The van der Waals surface area contributed by atoms with Gasteiger partial charge in [0.05, 0.1) is 24.3 Å². The second kappa shape index (κ2) is 8.40. The number of aromatic amines is 1. The number of ether oxygens (including phenoxy) is 1. The minimum absolute atomic E-state index is 0.00650. The lowest BCUT2D eigenvalue weighted by molar-refractivity contribution is -0.0153. The largest absolute Gasteiger partial charge is 0.490 e. The summed E-state index contributed by atoms with van der Waals surface area (Å²) in [6, 6.07) is 8.92. The predicted octanol–water partition coefficient (Wildman–Crippen LogP) is 3.38. The lowest BCUT2D eigenvalue weighted by atomic mass is 9.69. The zero-order valence-electron chi connectivity index (χ0n) is 22.3. The minimum atomic E-state index is -0.703. The molecule has 9 nitrogen and oxygen atoms in total. The molecule has 5 aliphatic rings. The third kappa shape index (κ3) is 3.47. The number of methoxy groups -OCH3 is 1. The van der Waals surface area contributed by atoms with E-state index in [1.165, 1.54) is 64.7 Å². The third-order valence-electron chi connectivity index (χ3n) is 10.8. The Labute approximate surface area is 225 Å². The Hall–Kier alpha value is -3.20. The van der Waals surface area contributed by atoms with Gasteiger partial charge < -0.3 is 9.30 Å². The van der Waals surface area contributed by atoms with Gasteiger partial charge in [0.15, 0.2) is 0 Å². The van der Waals surface area contributed by atoms with Crippen LogP contribution in [0.25, 0.3) is 16.9 Å². The number of fused-ring (bicyclic) bond motifs is 4. The van der Waals surface area contributed by atoms with Gasteiger partial charge in [0.2, 0.25) is 11.6 Å². The first-order valence-corrected chi connectivity index (χ1v) is 14.7. The van der Waals surface area contributed by atoms with Crippen molar-refractivity contribution in [3.05, 3.63) is 61.7 Å². The van der Waals surface area contributed by atoms with Gasteiger partial charge in [-0.25, -0.2) is 14.3 Å². The van der Waals surface area contributed by atoms with Crippen LogP contribution in [-0.4, -0.2) is 48.7 Å². The van der Waals surface area contributed by atoms with Crippen molar-refractivity contribution >= 4 is 11.0 Å². The monoisotopic (exact) mass is 529 g/mol. The van der Waals surface area contributed by atoms with Crippen molar-refractivity contribution in [2.45, 2.75) is 87.9 Å². The lowest BCUT2D eigenvalue weighted by Crippen LogP contribution is -2.55. The van der Waals surface area contributed by atoms with Gasteiger partial charge in [-0.15, -0.1) is 0 Å². The molecule has 3 aliphatic carbocycles. The summed E-state index contributed by atoms with van der Waals surface area (Å²) in [5, 5.41) is 0. The average molecular weight is 530 g/mol. The van der Waals surface area contributed by atoms with Crippen LogP contribution in [0.4, 0.5) is 0 Å². The summed E-state index contributed by atoms with van der Waals surface area (Å²) in [7, 11) is 1.36. The summed E-state index contributed by atoms with van der Waals surface area (Å²) >= 11 is 0. The van der Waals surface area contributed by atoms with Crippen molar-refractivity contribution in [1.29, 1.82) is 0 Å². The highest BCUT2D eigenvalue weighted by molar-refractivity contribution is 5.75. The van der Waals surface area contributed by atoms with E-state index in [-0.39, 0.29) is 28.7 Å². The van der Waals surface area contributed by atoms with Crippen molar-refractivity contribution in [3.63, 3.8) is 0 Å². The molecule has 3 saturated carbocycles. The Balaban J connectivity index is 1.21. The zero-order chi connectivity index (χ0) is 26.5. The molecule has 0 amide bonds. The van der Waals surface area contributed by atoms with Crippen LogP contribution in [0, 0.1) is 17.8 Å². The Morgan fingerprint density at radius 1 is 0.949 bits per heavy atom. The summed E-state index contributed by atoms with van der Waals surface area (Å²) in [6.07, 6.45) is 14.0. The maximum Gasteiger partial charge on any atom is 0.334 e. The van der Waals surface area contributed by atoms with Crippen LogP contribution in [-0.2, 0) is 0 Å². The van der Waals surface area contributed by atoms with Gasteiger partial charge in [0.1, 0.15) is 0 Å². The molecule has 39 heavy (non-hydrogen) atoms. The molecule has 204 valence electrons. The van der Waals surface area contributed by atoms with Crippen molar-refractivity contribution in [3.8, 4) is 11.6 Å². The van der Waals surface area contributed by atoms with Gasteiger partial charge in [0.25, 0.3) is 11.1 Å². The fraction of sp³-hybridized carbons (Fsp3) is 0.600. The summed E-state index contributed by atoms with van der Waals surface area (Å²) < 4.78 is 8.17. The first kappa shape index (κ1) is 23.7. The third-order valence-corrected chi connectivity index (χ3v) is 10.8. The molecule has 5 fully saturated rings. The number of H-pyrrole nitrogens is 1. The van der Waals surface area contributed by atoms with Crippen molar-refractivity contribution < 1.29 is 4.74 Å². The molecule has 9 heteroatoms. The quantitative estimate of drug-likeness (QED) is 0.556. The fourth-order valence-corrected chi connectivity index (χ4v) is 9.36. The molecule has 2 aliphatic heterocycles. The van der Waals surface area contributed by atoms with Gasteiger partial charge >= 0.3 is 5.69 Å². The molecule has 4 heterocycles. The highest BCUT2D eigenvalue weighted by atomic mass is 16.5. The Bertz CT molecular complexity index is 1650. The van der Waals surface area contributed by atoms with Gasteiger partial charge in [-0.3, -0.25) is 19.5 Å². The standard InChI is InChI=1S/C30H35N5O4/c1-39-25-16-33(29(38)32-27(25)36)26-28(37)34(24-8-3-2-7-23(24)31-26)22-13-21-12-19-14-30(19,15-22)35(21)20-10-17-5-4-6-18(9-17)11-20/h2-3,7-8,16-22H,4-6,9-15H2,1H3,(H,32,36,38). The summed E-state index contributed by atoms with van der Waals surface area (Å²) in [5.41, 5.74) is 0.0356. The normalized spacial score (nSPS) is 35.1. The topological polar surface area (TPSA) is 102 Å². The van der Waals surface area contributed by atoms with Crippen LogP contribution >= 0.6 is 0 Å². The van der Waals surface area contributed by atoms with Crippen molar-refractivity contribution in [1.82, 2.24) is 24.0 Å². The van der Waals surface area contributed by atoms with Gasteiger partial charge in [0, 0.05) is 23.7 Å². The molecule has 2 saturated heterocycles. The van der Waals surface area contributed by atoms with Crippen LogP contribution < -0.4 is 21.5 Å². The summed E-state index contributed by atoms with van der Waals surface area (Å²) in [5.74, 6) is 2.49. The molecular formula is C30H35N5O4. The van der Waals surface area contributed by atoms with E-state index in [1.807, 2.05) is 28.8 Å². The average Bonchev–Trinajstić information content (AvgIpc) is 3.53. The van der Waals surface area contributed by atoms with Crippen LogP contribution in [0.5, 0.6) is 5.75 Å². The first-order chi connectivity index (χ1) is 18.9.